The van der Waals surface area contributed by atoms with Crippen molar-refractivity contribution in [3.8, 4) is 0 Å². The van der Waals surface area contributed by atoms with Gasteiger partial charge in [0.25, 0.3) is 0 Å². The molecule has 1 aliphatic heterocycles. The van der Waals surface area contributed by atoms with Gasteiger partial charge in [-0.3, -0.25) is 14.5 Å². The molecule has 1 heterocycles. The monoisotopic (exact) mass is 310 g/mol. The van der Waals surface area contributed by atoms with Gasteiger partial charge in [-0.1, -0.05) is 11.6 Å². The van der Waals surface area contributed by atoms with Crippen molar-refractivity contribution in [3.05, 3.63) is 23.2 Å². The van der Waals surface area contributed by atoms with Crippen LogP contribution in [0.25, 0.3) is 0 Å². The predicted octanol–water partition coefficient (Wildman–Crippen LogP) is 1.06. The molecular formula is C14H19ClN4O2. The lowest BCUT2D eigenvalue weighted by atomic mass is 9.97. The van der Waals surface area contributed by atoms with E-state index in [1.807, 2.05) is 4.90 Å². The van der Waals surface area contributed by atoms with Crippen molar-refractivity contribution in [2.45, 2.75) is 12.8 Å². The third-order valence-corrected chi connectivity index (χ3v) is 3.86. The van der Waals surface area contributed by atoms with Gasteiger partial charge in [-0.15, -0.1) is 0 Å². The van der Waals surface area contributed by atoms with Crippen LogP contribution >= 0.6 is 11.6 Å². The number of carbonyl (C=O) groups excluding carboxylic acids is 2. The molecule has 0 spiro atoms. The van der Waals surface area contributed by atoms with Crippen LogP contribution in [-0.4, -0.2) is 36.3 Å². The zero-order valence-corrected chi connectivity index (χ0v) is 12.4. The molecule has 0 saturated carbocycles. The SMILES string of the molecule is NC(=O)C1CCCN(CC(=O)Nc2ccc(N)cc2Cl)C1. The van der Waals surface area contributed by atoms with Crippen LogP contribution in [0.1, 0.15) is 12.8 Å². The molecule has 1 aliphatic rings. The molecule has 21 heavy (non-hydrogen) atoms. The highest BCUT2D eigenvalue weighted by Crippen LogP contribution is 2.24. The standard InChI is InChI=1S/C14H19ClN4O2/c15-11-6-10(16)3-4-12(11)18-13(20)8-19-5-1-2-9(7-19)14(17)21/h3-4,6,9H,1-2,5,7-8,16H2,(H2,17,21)(H,18,20). The lowest BCUT2D eigenvalue weighted by Crippen LogP contribution is -2.44. The zero-order chi connectivity index (χ0) is 15.4. The van der Waals surface area contributed by atoms with Crippen LogP contribution in [0.2, 0.25) is 5.02 Å². The van der Waals surface area contributed by atoms with Gasteiger partial charge in [-0.05, 0) is 37.6 Å². The zero-order valence-electron chi connectivity index (χ0n) is 11.6. The summed E-state index contributed by atoms with van der Waals surface area (Å²) in [5, 5.41) is 3.14. The average molecular weight is 311 g/mol. The van der Waals surface area contributed by atoms with E-state index in [0.29, 0.717) is 22.9 Å². The molecule has 114 valence electrons. The van der Waals surface area contributed by atoms with E-state index in [9.17, 15) is 9.59 Å². The van der Waals surface area contributed by atoms with Crippen LogP contribution in [0.5, 0.6) is 0 Å². The highest BCUT2D eigenvalue weighted by Gasteiger charge is 2.25. The van der Waals surface area contributed by atoms with Crippen molar-refractivity contribution in [2.75, 3.05) is 30.7 Å². The minimum atomic E-state index is -0.304. The Kier molecular flexibility index (Phi) is 5.03. The maximum Gasteiger partial charge on any atom is 0.238 e. The molecule has 1 fully saturated rings. The fourth-order valence-electron chi connectivity index (χ4n) is 2.46. The first kappa shape index (κ1) is 15.6. The number of nitrogen functional groups attached to an aromatic ring is 1. The van der Waals surface area contributed by atoms with Crippen LogP contribution in [0.3, 0.4) is 0 Å². The summed E-state index contributed by atoms with van der Waals surface area (Å²) in [7, 11) is 0. The number of carbonyl (C=O) groups is 2. The topological polar surface area (TPSA) is 101 Å². The molecule has 1 atom stereocenters. The molecule has 0 aliphatic carbocycles. The Labute approximate surface area is 128 Å². The van der Waals surface area contributed by atoms with Gasteiger partial charge < -0.3 is 16.8 Å². The second-order valence-corrected chi connectivity index (χ2v) is 5.67. The van der Waals surface area contributed by atoms with Gasteiger partial charge in [0.1, 0.15) is 0 Å². The minimum Gasteiger partial charge on any atom is -0.399 e. The highest BCUT2D eigenvalue weighted by atomic mass is 35.5. The number of piperidine rings is 1. The van der Waals surface area contributed by atoms with Gasteiger partial charge in [0.15, 0.2) is 0 Å². The molecule has 1 saturated heterocycles. The minimum absolute atomic E-state index is 0.174. The van der Waals surface area contributed by atoms with Crippen molar-refractivity contribution >= 4 is 34.8 Å². The molecule has 1 aromatic rings. The predicted molar refractivity (Wildman–Crippen MR) is 82.9 cm³/mol. The van der Waals surface area contributed by atoms with Crippen molar-refractivity contribution in [1.82, 2.24) is 4.90 Å². The first-order valence-electron chi connectivity index (χ1n) is 6.82. The van der Waals surface area contributed by atoms with Gasteiger partial charge in [0.2, 0.25) is 11.8 Å². The molecule has 2 amide bonds. The van der Waals surface area contributed by atoms with E-state index >= 15 is 0 Å². The second kappa shape index (κ2) is 6.78. The molecule has 0 radical (unpaired) electrons. The van der Waals surface area contributed by atoms with Crippen LogP contribution < -0.4 is 16.8 Å². The maximum atomic E-state index is 12.0. The average Bonchev–Trinajstić information content (AvgIpc) is 2.42. The fourth-order valence-corrected chi connectivity index (χ4v) is 2.69. The van der Waals surface area contributed by atoms with Gasteiger partial charge in [0, 0.05) is 12.2 Å². The third kappa shape index (κ3) is 4.34. The first-order chi connectivity index (χ1) is 9.95. The molecular weight excluding hydrogens is 292 g/mol. The first-order valence-corrected chi connectivity index (χ1v) is 7.20. The molecule has 7 heteroatoms. The van der Waals surface area contributed by atoms with E-state index in [0.717, 1.165) is 19.4 Å². The van der Waals surface area contributed by atoms with Crippen LogP contribution in [0, 0.1) is 5.92 Å². The maximum absolute atomic E-state index is 12.0. The summed E-state index contributed by atoms with van der Waals surface area (Å²) in [5.41, 5.74) is 12.0. The summed E-state index contributed by atoms with van der Waals surface area (Å²) in [6.07, 6.45) is 1.65. The summed E-state index contributed by atoms with van der Waals surface area (Å²) in [5.74, 6) is -0.653. The van der Waals surface area contributed by atoms with E-state index < -0.39 is 0 Å². The molecule has 1 aromatic carbocycles. The lowest BCUT2D eigenvalue weighted by molar-refractivity contribution is -0.125. The van der Waals surface area contributed by atoms with Crippen LogP contribution in [-0.2, 0) is 9.59 Å². The van der Waals surface area contributed by atoms with E-state index in [-0.39, 0.29) is 24.3 Å². The van der Waals surface area contributed by atoms with Gasteiger partial charge in [0.05, 0.1) is 23.2 Å². The van der Waals surface area contributed by atoms with Crippen LogP contribution in [0.15, 0.2) is 18.2 Å². The molecule has 2 rings (SSSR count). The Morgan fingerprint density at radius 3 is 2.86 bits per heavy atom. The molecule has 6 nitrogen and oxygen atoms in total. The van der Waals surface area contributed by atoms with E-state index in [4.69, 9.17) is 23.1 Å². The van der Waals surface area contributed by atoms with Crippen molar-refractivity contribution in [2.24, 2.45) is 11.7 Å². The smallest absolute Gasteiger partial charge is 0.238 e. The number of likely N-dealkylation sites (tertiary alicyclic amines) is 1. The number of nitrogens with zero attached hydrogens (tertiary/aromatic N) is 1. The summed E-state index contributed by atoms with van der Waals surface area (Å²) in [6.45, 7) is 1.52. The fraction of sp³-hybridized carbons (Fsp3) is 0.429. The van der Waals surface area contributed by atoms with Crippen molar-refractivity contribution in [1.29, 1.82) is 0 Å². The Hall–Kier alpha value is -1.79. The molecule has 5 N–H and O–H groups in total. The molecule has 1 unspecified atom stereocenters. The third-order valence-electron chi connectivity index (χ3n) is 3.54. The lowest BCUT2D eigenvalue weighted by Gasteiger charge is -2.30. The number of anilines is 2. The molecule has 0 aromatic heterocycles. The number of primary amides is 1. The Morgan fingerprint density at radius 1 is 1.43 bits per heavy atom. The van der Waals surface area contributed by atoms with E-state index in [1.54, 1.807) is 18.2 Å². The number of amides is 2. The second-order valence-electron chi connectivity index (χ2n) is 5.26. The van der Waals surface area contributed by atoms with Gasteiger partial charge in [-0.2, -0.15) is 0 Å². The number of hydrogen-bond donors (Lipinski definition) is 3. The Bertz CT molecular complexity index is 550. The van der Waals surface area contributed by atoms with E-state index in [2.05, 4.69) is 5.32 Å². The molecule has 0 bridgehead atoms. The quantitative estimate of drug-likeness (QED) is 0.724. The van der Waals surface area contributed by atoms with Crippen LogP contribution in [0.4, 0.5) is 11.4 Å². The Morgan fingerprint density at radius 2 is 2.19 bits per heavy atom. The largest absolute Gasteiger partial charge is 0.399 e. The summed E-state index contributed by atoms with van der Waals surface area (Å²) >= 11 is 6.01. The number of hydrogen-bond acceptors (Lipinski definition) is 4. The van der Waals surface area contributed by atoms with Gasteiger partial charge in [-0.25, -0.2) is 0 Å². The summed E-state index contributed by atoms with van der Waals surface area (Å²) in [4.78, 5) is 25.2. The van der Waals surface area contributed by atoms with Gasteiger partial charge >= 0.3 is 0 Å². The summed E-state index contributed by atoms with van der Waals surface area (Å²) in [6, 6.07) is 4.92. The number of rotatable bonds is 4. The number of nitrogens with two attached hydrogens (primary N) is 2. The summed E-state index contributed by atoms with van der Waals surface area (Å²) < 4.78 is 0. The van der Waals surface area contributed by atoms with E-state index in [1.165, 1.54) is 0 Å². The van der Waals surface area contributed by atoms with Crippen molar-refractivity contribution < 1.29 is 9.59 Å². The number of benzene rings is 1. The highest BCUT2D eigenvalue weighted by molar-refractivity contribution is 6.34. The van der Waals surface area contributed by atoms with Crippen molar-refractivity contribution in [3.63, 3.8) is 0 Å². The number of halogens is 1. The number of nitrogens with one attached hydrogen (secondary N) is 1. The normalized spacial score (nSPS) is 19.2. The Balaban J connectivity index is 1.91.